The molecule has 0 radical (unpaired) electrons. The van der Waals surface area contributed by atoms with E-state index in [0.717, 1.165) is 17.5 Å². The van der Waals surface area contributed by atoms with E-state index in [9.17, 15) is 4.79 Å². The van der Waals surface area contributed by atoms with Gasteiger partial charge in [-0.3, -0.25) is 4.79 Å². The topological polar surface area (TPSA) is 56.8 Å². The molecule has 0 unspecified atom stereocenters. The van der Waals surface area contributed by atoms with Gasteiger partial charge in [0.2, 0.25) is 5.91 Å². The van der Waals surface area contributed by atoms with Crippen molar-refractivity contribution < 1.29 is 19.0 Å². The van der Waals surface area contributed by atoms with Crippen LogP contribution in [0.3, 0.4) is 0 Å². The zero-order valence-electron chi connectivity index (χ0n) is 15.7. The number of rotatable bonds is 8. The second-order valence-corrected chi connectivity index (χ2v) is 5.67. The number of carbonyl (C=O) groups excluding carboxylic acids is 1. The van der Waals surface area contributed by atoms with E-state index in [-0.39, 0.29) is 5.91 Å². The summed E-state index contributed by atoms with van der Waals surface area (Å²) in [5.74, 6) is 1.61. The number of hydrogen-bond acceptors (Lipinski definition) is 4. The summed E-state index contributed by atoms with van der Waals surface area (Å²) in [5, 5.41) is 2.85. The Morgan fingerprint density at radius 3 is 2.15 bits per heavy atom. The number of amides is 1. The molecule has 1 N–H and O–H groups in total. The Morgan fingerprint density at radius 2 is 1.58 bits per heavy atom. The van der Waals surface area contributed by atoms with Crippen molar-refractivity contribution in [3.8, 4) is 17.2 Å². The molecule has 2 aromatic rings. The zero-order valence-corrected chi connectivity index (χ0v) is 15.7. The van der Waals surface area contributed by atoms with Gasteiger partial charge < -0.3 is 19.5 Å². The highest BCUT2D eigenvalue weighted by Crippen LogP contribution is 2.34. The molecule has 0 saturated heterocycles. The molecule has 0 aliphatic rings. The van der Waals surface area contributed by atoms with E-state index in [0.29, 0.717) is 23.8 Å². The summed E-state index contributed by atoms with van der Waals surface area (Å²) in [5.41, 5.74) is 3.06. The molecule has 0 heterocycles. The van der Waals surface area contributed by atoms with Crippen molar-refractivity contribution in [1.29, 1.82) is 0 Å². The van der Waals surface area contributed by atoms with Gasteiger partial charge >= 0.3 is 0 Å². The maximum absolute atomic E-state index is 12.1. The van der Waals surface area contributed by atoms with Crippen LogP contribution in [0.1, 0.15) is 23.6 Å². The predicted molar refractivity (Wildman–Crippen MR) is 103 cm³/mol. The standard InChI is InChI=1S/C21H25NO4/c1-5-15-6-8-16(9-7-15)10-11-21(23)22-14-17-12-19(25-3)20(26-4)13-18(17)24-2/h6-13H,5,14H2,1-4H3,(H,22,23)/b11-10+. The third-order valence-corrected chi connectivity index (χ3v) is 4.05. The average molecular weight is 355 g/mol. The van der Waals surface area contributed by atoms with Crippen molar-refractivity contribution in [1.82, 2.24) is 5.32 Å². The highest BCUT2D eigenvalue weighted by Gasteiger charge is 2.12. The smallest absolute Gasteiger partial charge is 0.244 e. The first-order valence-electron chi connectivity index (χ1n) is 8.45. The van der Waals surface area contributed by atoms with E-state index in [1.54, 1.807) is 39.5 Å². The molecule has 0 spiro atoms. The lowest BCUT2D eigenvalue weighted by Gasteiger charge is -2.14. The summed E-state index contributed by atoms with van der Waals surface area (Å²) in [4.78, 5) is 12.1. The largest absolute Gasteiger partial charge is 0.496 e. The molecular weight excluding hydrogens is 330 g/mol. The molecule has 2 rings (SSSR count). The molecule has 138 valence electrons. The fourth-order valence-electron chi connectivity index (χ4n) is 2.51. The first kappa shape index (κ1) is 19.4. The van der Waals surface area contributed by atoms with E-state index >= 15 is 0 Å². The normalized spacial score (nSPS) is 10.6. The minimum Gasteiger partial charge on any atom is -0.496 e. The Kier molecular flexibility index (Phi) is 7.09. The number of hydrogen-bond donors (Lipinski definition) is 1. The quantitative estimate of drug-likeness (QED) is 0.735. The summed E-state index contributed by atoms with van der Waals surface area (Å²) >= 11 is 0. The molecule has 2 aromatic carbocycles. The van der Waals surface area contributed by atoms with Gasteiger partial charge in [0.15, 0.2) is 11.5 Å². The van der Waals surface area contributed by atoms with E-state index in [2.05, 4.69) is 24.4 Å². The minimum atomic E-state index is -0.179. The van der Waals surface area contributed by atoms with Crippen LogP contribution < -0.4 is 19.5 Å². The molecule has 0 bridgehead atoms. The number of aryl methyl sites for hydroxylation is 1. The third-order valence-electron chi connectivity index (χ3n) is 4.05. The van der Waals surface area contributed by atoms with Crippen molar-refractivity contribution in [3.05, 3.63) is 59.2 Å². The first-order valence-corrected chi connectivity index (χ1v) is 8.45. The van der Waals surface area contributed by atoms with Crippen LogP contribution in [0.15, 0.2) is 42.5 Å². The Balaban J connectivity index is 2.02. The lowest BCUT2D eigenvalue weighted by molar-refractivity contribution is -0.116. The summed E-state index contributed by atoms with van der Waals surface area (Å²) in [6, 6.07) is 11.7. The van der Waals surface area contributed by atoms with Crippen LogP contribution in [-0.2, 0) is 17.8 Å². The molecule has 0 aliphatic carbocycles. The number of nitrogens with one attached hydrogen (secondary N) is 1. The van der Waals surface area contributed by atoms with Crippen LogP contribution in [0, 0.1) is 0 Å². The summed E-state index contributed by atoms with van der Waals surface area (Å²) in [6.07, 6.45) is 4.31. The van der Waals surface area contributed by atoms with Gasteiger partial charge in [-0.15, -0.1) is 0 Å². The SMILES string of the molecule is CCc1ccc(/C=C/C(=O)NCc2cc(OC)c(OC)cc2OC)cc1. The molecule has 5 heteroatoms. The fourth-order valence-corrected chi connectivity index (χ4v) is 2.51. The van der Waals surface area contributed by atoms with Crippen LogP contribution >= 0.6 is 0 Å². The predicted octanol–water partition coefficient (Wildman–Crippen LogP) is 3.60. The molecule has 0 atom stereocenters. The molecule has 5 nitrogen and oxygen atoms in total. The fraction of sp³-hybridized carbons (Fsp3) is 0.286. The second kappa shape index (κ2) is 9.51. The van der Waals surface area contributed by atoms with E-state index in [1.165, 1.54) is 11.6 Å². The Morgan fingerprint density at radius 1 is 0.962 bits per heavy atom. The van der Waals surface area contributed by atoms with Crippen LogP contribution in [0.25, 0.3) is 6.08 Å². The lowest BCUT2D eigenvalue weighted by Crippen LogP contribution is -2.20. The van der Waals surface area contributed by atoms with Crippen molar-refractivity contribution in [2.75, 3.05) is 21.3 Å². The van der Waals surface area contributed by atoms with Gasteiger partial charge in [-0.25, -0.2) is 0 Å². The van der Waals surface area contributed by atoms with Crippen molar-refractivity contribution in [2.45, 2.75) is 19.9 Å². The first-order chi connectivity index (χ1) is 12.6. The number of methoxy groups -OCH3 is 3. The van der Waals surface area contributed by atoms with Gasteiger partial charge in [0.1, 0.15) is 5.75 Å². The minimum absolute atomic E-state index is 0.179. The lowest BCUT2D eigenvalue weighted by atomic mass is 10.1. The van der Waals surface area contributed by atoms with Crippen molar-refractivity contribution in [3.63, 3.8) is 0 Å². The van der Waals surface area contributed by atoms with Crippen LogP contribution in [0.2, 0.25) is 0 Å². The second-order valence-electron chi connectivity index (χ2n) is 5.67. The van der Waals surface area contributed by atoms with E-state index in [1.807, 2.05) is 12.1 Å². The van der Waals surface area contributed by atoms with Gasteiger partial charge in [-0.2, -0.15) is 0 Å². The van der Waals surface area contributed by atoms with Gasteiger partial charge in [0.05, 0.1) is 21.3 Å². The molecule has 1 amide bonds. The van der Waals surface area contributed by atoms with Gasteiger partial charge in [-0.05, 0) is 29.7 Å². The molecule has 0 fully saturated rings. The van der Waals surface area contributed by atoms with Crippen molar-refractivity contribution in [2.24, 2.45) is 0 Å². The average Bonchev–Trinajstić information content (AvgIpc) is 2.70. The molecule has 0 saturated carbocycles. The Bertz CT molecular complexity index is 766. The van der Waals surface area contributed by atoms with E-state index in [4.69, 9.17) is 14.2 Å². The van der Waals surface area contributed by atoms with Crippen molar-refractivity contribution >= 4 is 12.0 Å². The van der Waals surface area contributed by atoms with Gasteiger partial charge in [-0.1, -0.05) is 31.2 Å². The van der Waals surface area contributed by atoms with Crippen LogP contribution in [0.5, 0.6) is 17.2 Å². The maximum atomic E-state index is 12.1. The van der Waals surface area contributed by atoms with Crippen LogP contribution in [-0.4, -0.2) is 27.2 Å². The van der Waals surface area contributed by atoms with E-state index < -0.39 is 0 Å². The highest BCUT2D eigenvalue weighted by molar-refractivity contribution is 5.91. The molecule has 0 aliphatic heterocycles. The van der Waals surface area contributed by atoms with Gasteiger partial charge in [0, 0.05) is 24.3 Å². The summed E-state index contributed by atoms with van der Waals surface area (Å²) in [6.45, 7) is 2.43. The monoisotopic (exact) mass is 355 g/mol. The molecular formula is C21H25NO4. The van der Waals surface area contributed by atoms with Crippen LogP contribution in [0.4, 0.5) is 0 Å². The number of ether oxygens (including phenoxy) is 3. The third kappa shape index (κ3) is 5.02. The summed E-state index contributed by atoms with van der Waals surface area (Å²) in [7, 11) is 4.71. The number of benzene rings is 2. The number of carbonyl (C=O) groups is 1. The summed E-state index contributed by atoms with van der Waals surface area (Å²) < 4.78 is 15.9. The molecule has 26 heavy (non-hydrogen) atoms. The Hall–Kier alpha value is -2.95. The van der Waals surface area contributed by atoms with Gasteiger partial charge in [0.25, 0.3) is 0 Å². The maximum Gasteiger partial charge on any atom is 0.244 e. The zero-order chi connectivity index (χ0) is 18.9. The Labute approximate surface area is 154 Å². The highest BCUT2D eigenvalue weighted by atomic mass is 16.5. The molecule has 0 aromatic heterocycles.